The molecule has 1 aliphatic heterocycles. The Labute approximate surface area is 129 Å². The van der Waals surface area contributed by atoms with Gasteiger partial charge in [0, 0.05) is 18.7 Å². The van der Waals surface area contributed by atoms with Gasteiger partial charge in [0.1, 0.15) is 0 Å². The first-order valence-corrected chi connectivity index (χ1v) is 7.44. The molecule has 1 unspecified atom stereocenters. The van der Waals surface area contributed by atoms with Crippen molar-refractivity contribution in [2.24, 2.45) is 0 Å². The van der Waals surface area contributed by atoms with Crippen LogP contribution in [0.15, 0.2) is 54.6 Å². The highest BCUT2D eigenvalue weighted by Crippen LogP contribution is 2.34. The average Bonchev–Trinajstić information content (AvgIpc) is 2.87. The second-order valence-corrected chi connectivity index (χ2v) is 5.43. The summed E-state index contributed by atoms with van der Waals surface area (Å²) in [6, 6.07) is 17.4. The molecule has 1 atom stereocenters. The molecule has 22 heavy (non-hydrogen) atoms. The smallest absolute Gasteiger partial charge is 0.232 e. The number of nitrogens with one attached hydrogen (secondary N) is 2. The van der Waals surface area contributed by atoms with Crippen molar-refractivity contribution >= 4 is 17.5 Å². The molecule has 0 fully saturated rings. The van der Waals surface area contributed by atoms with Crippen molar-refractivity contribution in [1.82, 2.24) is 5.32 Å². The van der Waals surface area contributed by atoms with Crippen molar-refractivity contribution in [1.29, 1.82) is 0 Å². The zero-order valence-corrected chi connectivity index (χ0v) is 12.2. The summed E-state index contributed by atoms with van der Waals surface area (Å²) in [5.74, 6) is -0.267. The molecule has 112 valence electrons. The molecule has 0 aromatic heterocycles. The van der Waals surface area contributed by atoms with Crippen LogP contribution in [0.25, 0.3) is 0 Å². The second-order valence-electron chi connectivity index (χ2n) is 5.43. The minimum absolute atomic E-state index is 0.0166. The summed E-state index contributed by atoms with van der Waals surface area (Å²) in [4.78, 5) is 23.9. The van der Waals surface area contributed by atoms with Crippen LogP contribution in [0, 0.1) is 0 Å². The van der Waals surface area contributed by atoms with Gasteiger partial charge in [-0.15, -0.1) is 0 Å². The third-order valence-electron chi connectivity index (χ3n) is 3.90. The van der Waals surface area contributed by atoms with Crippen molar-refractivity contribution in [3.05, 3.63) is 65.7 Å². The van der Waals surface area contributed by atoms with E-state index in [2.05, 4.69) is 10.6 Å². The average molecular weight is 294 g/mol. The standard InChI is InChI=1S/C18H18N2O2/c21-17(19-12-13-6-2-1-3-7-13)11-10-15-14-8-4-5-9-16(14)20-18(15)22/h1-9,15H,10-12H2,(H,19,21)(H,20,22). The topological polar surface area (TPSA) is 58.2 Å². The van der Waals surface area contributed by atoms with Gasteiger partial charge in [-0.2, -0.15) is 0 Å². The van der Waals surface area contributed by atoms with Gasteiger partial charge in [0.2, 0.25) is 11.8 Å². The summed E-state index contributed by atoms with van der Waals surface area (Å²) in [6.45, 7) is 0.521. The minimum Gasteiger partial charge on any atom is -0.352 e. The molecule has 0 saturated carbocycles. The summed E-state index contributed by atoms with van der Waals surface area (Å²) < 4.78 is 0. The van der Waals surface area contributed by atoms with E-state index in [4.69, 9.17) is 0 Å². The van der Waals surface area contributed by atoms with Gasteiger partial charge in [-0.1, -0.05) is 48.5 Å². The van der Waals surface area contributed by atoms with Gasteiger partial charge >= 0.3 is 0 Å². The van der Waals surface area contributed by atoms with Crippen LogP contribution in [-0.2, 0) is 16.1 Å². The summed E-state index contributed by atoms with van der Waals surface area (Å²) in [6.07, 6.45) is 0.878. The number of rotatable bonds is 5. The Balaban J connectivity index is 1.52. The second kappa shape index (κ2) is 6.43. The number of carbonyl (C=O) groups is 2. The normalized spacial score (nSPS) is 16.0. The van der Waals surface area contributed by atoms with Crippen LogP contribution >= 0.6 is 0 Å². The molecular weight excluding hydrogens is 276 g/mol. The molecule has 1 aliphatic rings. The maximum atomic E-state index is 12.0. The van der Waals surface area contributed by atoms with Crippen LogP contribution in [0.2, 0.25) is 0 Å². The largest absolute Gasteiger partial charge is 0.352 e. The molecule has 0 spiro atoms. The fraction of sp³-hybridized carbons (Fsp3) is 0.222. The number of hydrogen-bond donors (Lipinski definition) is 2. The van der Waals surface area contributed by atoms with E-state index in [1.54, 1.807) is 0 Å². The van der Waals surface area contributed by atoms with E-state index in [9.17, 15) is 9.59 Å². The Morgan fingerprint density at radius 3 is 2.59 bits per heavy atom. The molecule has 0 saturated heterocycles. The van der Waals surface area contributed by atoms with Crippen LogP contribution in [0.5, 0.6) is 0 Å². The molecule has 2 N–H and O–H groups in total. The molecule has 4 heteroatoms. The quantitative estimate of drug-likeness (QED) is 0.891. The molecule has 1 heterocycles. The fourth-order valence-corrected chi connectivity index (χ4v) is 2.72. The van der Waals surface area contributed by atoms with E-state index >= 15 is 0 Å². The molecule has 0 radical (unpaired) electrons. The van der Waals surface area contributed by atoms with Crippen molar-refractivity contribution in [3.63, 3.8) is 0 Å². The SMILES string of the molecule is O=C(CCC1C(=O)Nc2ccccc21)NCc1ccccc1. The monoisotopic (exact) mass is 294 g/mol. The molecule has 0 bridgehead atoms. The van der Waals surface area contributed by atoms with Gasteiger partial charge in [0.25, 0.3) is 0 Å². The van der Waals surface area contributed by atoms with Crippen molar-refractivity contribution in [3.8, 4) is 0 Å². The van der Waals surface area contributed by atoms with Crippen LogP contribution in [0.1, 0.15) is 29.9 Å². The van der Waals surface area contributed by atoms with Gasteiger partial charge in [-0.05, 0) is 23.6 Å². The van der Waals surface area contributed by atoms with Gasteiger partial charge in [0.15, 0.2) is 0 Å². The third-order valence-corrected chi connectivity index (χ3v) is 3.90. The molecule has 4 nitrogen and oxygen atoms in total. The van der Waals surface area contributed by atoms with Crippen LogP contribution < -0.4 is 10.6 Å². The molecule has 3 rings (SSSR count). The zero-order chi connectivity index (χ0) is 15.4. The zero-order valence-electron chi connectivity index (χ0n) is 12.2. The number of para-hydroxylation sites is 1. The van der Waals surface area contributed by atoms with Crippen LogP contribution in [-0.4, -0.2) is 11.8 Å². The highest BCUT2D eigenvalue weighted by Gasteiger charge is 2.30. The van der Waals surface area contributed by atoms with Crippen molar-refractivity contribution in [2.45, 2.75) is 25.3 Å². The fourth-order valence-electron chi connectivity index (χ4n) is 2.72. The van der Waals surface area contributed by atoms with E-state index in [1.165, 1.54) is 0 Å². The lowest BCUT2D eigenvalue weighted by Crippen LogP contribution is -2.23. The Hall–Kier alpha value is -2.62. The molecule has 2 aromatic rings. The number of benzene rings is 2. The number of anilines is 1. The Bertz CT molecular complexity index is 682. The first-order valence-electron chi connectivity index (χ1n) is 7.44. The highest BCUT2D eigenvalue weighted by molar-refractivity contribution is 6.03. The van der Waals surface area contributed by atoms with E-state index in [-0.39, 0.29) is 17.7 Å². The lowest BCUT2D eigenvalue weighted by Gasteiger charge is -2.09. The Morgan fingerprint density at radius 1 is 1.05 bits per heavy atom. The molecular formula is C18H18N2O2. The lowest BCUT2D eigenvalue weighted by molar-refractivity contribution is -0.121. The first kappa shape index (κ1) is 14.3. The van der Waals surface area contributed by atoms with Gasteiger partial charge < -0.3 is 10.6 Å². The van der Waals surface area contributed by atoms with Crippen molar-refractivity contribution < 1.29 is 9.59 Å². The van der Waals surface area contributed by atoms with E-state index in [0.717, 1.165) is 16.8 Å². The Morgan fingerprint density at radius 2 is 1.77 bits per heavy atom. The summed E-state index contributed by atoms with van der Waals surface area (Å²) in [5, 5.41) is 5.75. The molecule has 2 aromatic carbocycles. The van der Waals surface area contributed by atoms with E-state index in [0.29, 0.717) is 19.4 Å². The predicted molar refractivity (Wildman–Crippen MR) is 85.3 cm³/mol. The van der Waals surface area contributed by atoms with Crippen molar-refractivity contribution in [2.75, 3.05) is 5.32 Å². The maximum absolute atomic E-state index is 12.0. The summed E-state index contributed by atoms with van der Waals surface area (Å²) in [7, 11) is 0. The van der Waals surface area contributed by atoms with Gasteiger partial charge in [0.05, 0.1) is 5.92 Å². The number of fused-ring (bicyclic) bond motifs is 1. The third kappa shape index (κ3) is 3.17. The highest BCUT2D eigenvalue weighted by atomic mass is 16.2. The van der Waals surface area contributed by atoms with E-state index < -0.39 is 0 Å². The summed E-state index contributed by atoms with van der Waals surface area (Å²) in [5.41, 5.74) is 2.92. The van der Waals surface area contributed by atoms with Gasteiger partial charge in [-0.25, -0.2) is 0 Å². The maximum Gasteiger partial charge on any atom is 0.232 e. The van der Waals surface area contributed by atoms with E-state index in [1.807, 2.05) is 54.6 Å². The lowest BCUT2D eigenvalue weighted by atomic mass is 9.95. The number of carbonyl (C=O) groups excluding carboxylic acids is 2. The number of amides is 2. The Kier molecular flexibility index (Phi) is 4.19. The van der Waals surface area contributed by atoms with Gasteiger partial charge in [-0.3, -0.25) is 9.59 Å². The van der Waals surface area contributed by atoms with Crippen LogP contribution in [0.4, 0.5) is 5.69 Å². The summed E-state index contributed by atoms with van der Waals surface area (Å²) >= 11 is 0. The first-order chi connectivity index (χ1) is 10.7. The molecule has 0 aliphatic carbocycles. The predicted octanol–water partition coefficient (Wildman–Crippen LogP) is 2.82. The molecule has 2 amide bonds. The minimum atomic E-state index is -0.223. The van der Waals surface area contributed by atoms with Crippen LogP contribution in [0.3, 0.4) is 0 Å². The number of hydrogen-bond acceptors (Lipinski definition) is 2.